The van der Waals surface area contributed by atoms with Crippen LogP contribution < -0.4 is 0 Å². The second kappa shape index (κ2) is 3.58. The average molecular weight is 183 g/mol. The fourth-order valence-corrected chi connectivity index (χ4v) is 3.37. The number of hydrogen-bond donors (Lipinski definition) is 1. The quantitative estimate of drug-likeness (QED) is 0.660. The normalized spacial score (nSPS) is 46.4. The van der Waals surface area contributed by atoms with Crippen molar-refractivity contribution in [3.63, 3.8) is 0 Å². The van der Waals surface area contributed by atoms with Crippen LogP contribution in [0.2, 0.25) is 0 Å². The van der Waals surface area contributed by atoms with Crippen molar-refractivity contribution in [3.05, 3.63) is 0 Å². The predicted molar refractivity (Wildman–Crippen MR) is 53.5 cm³/mol. The standard InChI is InChI=1S/C11H21NO/c1-8-3-4-10-9(7-13)5-12(2)6-11(8)10/h8-11,13H,3-7H2,1-2H3/t8-,9-,10-,11-/m0/s1. The molecule has 2 rings (SSSR count). The number of hydrogen-bond acceptors (Lipinski definition) is 2. The maximum absolute atomic E-state index is 9.32. The van der Waals surface area contributed by atoms with Gasteiger partial charge in [0, 0.05) is 19.7 Å². The van der Waals surface area contributed by atoms with Crippen molar-refractivity contribution in [2.75, 3.05) is 26.7 Å². The van der Waals surface area contributed by atoms with Crippen LogP contribution in [0, 0.1) is 23.7 Å². The molecule has 1 aliphatic heterocycles. The molecule has 13 heavy (non-hydrogen) atoms. The second-order valence-electron chi connectivity index (χ2n) is 5.05. The number of nitrogens with zero attached hydrogens (tertiary/aromatic N) is 1. The zero-order chi connectivity index (χ0) is 9.42. The molecule has 0 amide bonds. The first kappa shape index (κ1) is 9.47. The van der Waals surface area contributed by atoms with Gasteiger partial charge in [-0.05, 0) is 37.1 Å². The van der Waals surface area contributed by atoms with Crippen LogP contribution in [0.3, 0.4) is 0 Å². The minimum Gasteiger partial charge on any atom is -0.396 e. The third-order valence-electron chi connectivity index (χ3n) is 4.14. The van der Waals surface area contributed by atoms with Gasteiger partial charge in [0.15, 0.2) is 0 Å². The van der Waals surface area contributed by atoms with Crippen LogP contribution in [0.25, 0.3) is 0 Å². The van der Waals surface area contributed by atoms with E-state index in [4.69, 9.17) is 0 Å². The number of fused-ring (bicyclic) bond motifs is 1. The fraction of sp³-hybridized carbons (Fsp3) is 1.00. The molecule has 2 aliphatic rings. The Hall–Kier alpha value is -0.0800. The first-order chi connectivity index (χ1) is 6.22. The van der Waals surface area contributed by atoms with E-state index in [2.05, 4.69) is 18.9 Å². The van der Waals surface area contributed by atoms with Crippen LogP contribution in [0.4, 0.5) is 0 Å². The van der Waals surface area contributed by atoms with Gasteiger partial charge in [0.2, 0.25) is 0 Å². The van der Waals surface area contributed by atoms with E-state index in [1.807, 2.05) is 0 Å². The van der Waals surface area contributed by atoms with E-state index in [1.54, 1.807) is 0 Å². The zero-order valence-corrected chi connectivity index (χ0v) is 8.74. The van der Waals surface area contributed by atoms with Crippen LogP contribution >= 0.6 is 0 Å². The topological polar surface area (TPSA) is 23.5 Å². The highest BCUT2D eigenvalue weighted by Crippen LogP contribution is 2.43. The van der Waals surface area contributed by atoms with Gasteiger partial charge in [0.05, 0.1) is 0 Å². The molecule has 76 valence electrons. The molecule has 2 nitrogen and oxygen atoms in total. The lowest BCUT2D eigenvalue weighted by Crippen LogP contribution is -2.45. The summed E-state index contributed by atoms with van der Waals surface area (Å²) in [6.07, 6.45) is 2.73. The summed E-state index contributed by atoms with van der Waals surface area (Å²) in [4.78, 5) is 2.39. The SMILES string of the molecule is C[C@H]1CC[C@H]2[C@H](CO)CN(C)C[C@H]21. The van der Waals surface area contributed by atoms with Gasteiger partial charge in [0.25, 0.3) is 0 Å². The van der Waals surface area contributed by atoms with Gasteiger partial charge in [-0.1, -0.05) is 13.3 Å². The molecule has 0 bridgehead atoms. The van der Waals surface area contributed by atoms with Crippen LogP contribution in [0.1, 0.15) is 19.8 Å². The molecular weight excluding hydrogens is 162 g/mol. The number of rotatable bonds is 1. The molecule has 1 saturated heterocycles. The molecule has 1 saturated carbocycles. The third kappa shape index (κ3) is 1.62. The second-order valence-corrected chi connectivity index (χ2v) is 5.05. The van der Waals surface area contributed by atoms with Crippen LogP contribution in [-0.2, 0) is 0 Å². The molecule has 0 aromatic heterocycles. The lowest BCUT2D eigenvalue weighted by Gasteiger charge is -2.39. The molecule has 0 spiro atoms. The summed E-state index contributed by atoms with van der Waals surface area (Å²) in [6, 6.07) is 0. The van der Waals surface area contributed by atoms with Crippen molar-refractivity contribution in [2.45, 2.75) is 19.8 Å². The number of aliphatic hydroxyl groups excluding tert-OH is 1. The molecule has 0 unspecified atom stereocenters. The minimum atomic E-state index is 0.387. The van der Waals surface area contributed by atoms with E-state index in [9.17, 15) is 5.11 Å². The number of piperidine rings is 1. The Morgan fingerprint density at radius 1 is 1.23 bits per heavy atom. The molecule has 0 aromatic rings. The van der Waals surface area contributed by atoms with Gasteiger partial charge in [-0.15, -0.1) is 0 Å². The van der Waals surface area contributed by atoms with Crippen molar-refractivity contribution in [1.82, 2.24) is 4.90 Å². The highest BCUT2D eigenvalue weighted by molar-refractivity contribution is 4.92. The van der Waals surface area contributed by atoms with E-state index < -0.39 is 0 Å². The van der Waals surface area contributed by atoms with E-state index in [0.717, 1.165) is 24.3 Å². The lowest BCUT2D eigenvalue weighted by molar-refractivity contribution is 0.0462. The van der Waals surface area contributed by atoms with E-state index in [1.165, 1.54) is 19.4 Å². The average Bonchev–Trinajstić information content (AvgIpc) is 2.47. The first-order valence-corrected chi connectivity index (χ1v) is 5.51. The predicted octanol–water partition coefficient (Wildman–Crippen LogP) is 1.20. The van der Waals surface area contributed by atoms with Gasteiger partial charge < -0.3 is 10.0 Å². The Balaban J connectivity index is 2.08. The minimum absolute atomic E-state index is 0.387. The monoisotopic (exact) mass is 183 g/mol. The van der Waals surface area contributed by atoms with Crippen LogP contribution in [-0.4, -0.2) is 36.8 Å². The smallest absolute Gasteiger partial charge is 0.0474 e. The summed E-state index contributed by atoms with van der Waals surface area (Å²) in [5.74, 6) is 3.10. The van der Waals surface area contributed by atoms with Crippen LogP contribution in [0.5, 0.6) is 0 Å². The van der Waals surface area contributed by atoms with Crippen LogP contribution in [0.15, 0.2) is 0 Å². The highest BCUT2D eigenvalue weighted by atomic mass is 16.3. The van der Waals surface area contributed by atoms with E-state index >= 15 is 0 Å². The summed E-state index contributed by atoms with van der Waals surface area (Å²) in [7, 11) is 2.18. The Bertz CT molecular complexity index is 183. The van der Waals surface area contributed by atoms with E-state index in [-0.39, 0.29) is 0 Å². The van der Waals surface area contributed by atoms with Gasteiger partial charge in [0.1, 0.15) is 0 Å². The van der Waals surface area contributed by atoms with E-state index in [0.29, 0.717) is 12.5 Å². The first-order valence-electron chi connectivity index (χ1n) is 5.51. The molecular formula is C11H21NO. The Morgan fingerprint density at radius 3 is 2.69 bits per heavy atom. The van der Waals surface area contributed by atoms with Gasteiger partial charge in [-0.2, -0.15) is 0 Å². The molecule has 2 fully saturated rings. The molecule has 2 heteroatoms. The van der Waals surface area contributed by atoms with Crippen molar-refractivity contribution in [2.24, 2.45) is 23.7 Å². The summed E-state index contributed by atoms with van der Waals surface area (Å²) in [6.45, 7) is 5.11. The fourth-order valence-electron chi connectivity index (χ4n) is 3.37. The van der Waals surface area contributed by atoms with Gasteiger partial charge >= 0.3 is 0 Å². The van der Waals surface area contributed by atoms with Crippen molar-refractivity contribution in [1.29, 1.82) is 0 Å². The number of likely N-dealkylation sites (tertiary alicyclic amines) is 1. The summed E-state index contributed by atoms with van der Waals surface area (Å²) >= 11 is 0. The van der Waals surface area contributed by atoms with Gasteiger partial charge in [-0.25, -0.2) is 0 Å². The molecule has 0 aromatic carbocycles. The van der Waals surface area contributed by atoms with Gasteiger partial charge in [-0.3, -0.25) is 0 Å². The molecule has 1 N–H and O–H groups in total. The number of aliphatic hydroxyl groups is 1. The lowest BCUT2D eigenvalue weighted by atomic mass is 9.78. The Kier molecular flexibility index (Phi) is 2.61. The zero-order valence-electron chi connectivity index (χ0n) is 8.74. The maximum Gasteiger partial charge on any atom is 0.0474 e. The Morgan fingerprint density at radius 2 is 2.00 bits per heavy atom. The maximum atomic E-state index is 9.32. The summed E-state index contributed by atoms with van der Waals surface area (Å²) < 4.78 is 0. The summed E-state index contributed by atoms with van der Waals surface area (Å²) in [5.41, 5.74) is 0. The summed E-state index contributed by atoms with van der Waals surface area (Å²) in [5, 5.41) is 9.32. The van der Waals surface area contributed by atoms with Crippen molar-refractivity contribution in [3.8, 4) is 0 Å². The van der Waals surface area contributed by atoms with Crippen molar-refractivity contribution < 1.29 is 5.11 Å². The third-order valence-corrected chi connectivity index (χ3v) is 4.14. The Labute approximate surface area is 80.9 Å². The highest BCUT2D eigenvalue weighted by Gasteiger charge is 2.41. The molecule has 0 radical (unpaired) electrons. The molecule has 4 atom stereocenters. The van der Waals surface area contributed by atoms with Crippen molar-refractivity contribution >= 4 is 0 Å². The molecule has 1 aliphatic carbocycles. The molecule has 1 heterocycles. The largest absolute Gasteiger partial charge is 0.396 e.